The maximum Gasteiger partial charge on any atom is 0.166 e. The van der Waals surface area contributed by atoms with Gasteiger partial charge in [-0.25, -0.2) is 9.37 Å². The van der Waals surface area contributed by atoms with Gasteiger partial charge in [0.15, 0.2) is 11.6 Å². The normalized spacial score (nSPS) is 18.0. The lowest BCUT2D eigenvalue weighted by Crippen LogP contribution is -2.38. The zero-order valence-corrected chi connectivity index (χ0v) is 17.8. The predicted octanol–water partition coefficient (Wildman–Crippen LogP) is 3.07. The number of nitrogens with one attached hydrogen (secondary N) is 1. The van der Waals surface area contributed by atoms with E-state index in [1.807, 2.05) is 25.9 Å². The van der Waals surface area contributed by atoms with Crippen LogP contribution in [0, 0.1) is 17.1 Å². The van der Waals surface area contributed by atoms with Crippen LogP contribution in [-0.4, -0.2) is 39.9 Å². The molecule has 9 heteroatoms. The van der Waals surface area contributed by atoms with E-state index in [9.17, 15) is 9.65 Å². The number of hydrogen-bond acceptors (Lipinski definition) is 7. The molecular formula is C22H24FN7O. The fraction of sp³-hybridized carbons (Fsp3) is 0.318. The van der Waals surface area contributed by atoms with Crippen molar-refractivity contribution in [1.82, 2.24) is 19.7 Å². The third-order valence-corrected chi connectivity index (χ3v) is 5.48. The highest BCUT2D eigenvalue weighted by Gasteiger charge is 2.26. The summed E-state index contributed by atoms with van der Waals surface area (Å²) < 4.78 is 21.8. The van der Waals surface area contributed by atoms with Crippen LogP contribution in [0.25, 0.3) is 11.1 Å². The molecule has 3 aromatic rings. The van der Waals surface area contributed by atoms with Gasteiger partial charge in [-0.2, -0.15) is 10.4 Å². The Morgan fingerprint density at radius 1 is 1.35 bits per heavy atom. The van der Waals surface area contributed by atoms with Crippen LogP contribution in [0.5, 0.6) is 5.75 Å². The Labute approximate surface area is 180 Å². The molecule has 4 rings (SSSR count). The first-order valence-corrected chi connectivity index (χ1v) is 9.89. The third-order valence-electron chi connectivity index (χ3n) is 5.48. The van der Waals surface area contributed by atoms with Crippen LogP contribution in [0.3, 0.4) is 0 Å². The van der Waals surface area contributed by atoms with Gasteiger partial charge in [0.1, 0.15) is 23.7 Å². The zero-order chi connectivity index (χ0) is 22.3. The van der Waals surface area contributed by atoms with E-state index in [0.717, 1.165) is 11.4 Å². The van der Waals surface area contributed by atoms with E-state index in [4.69, 9.17) is 10.5 Å². The topological polar surface area (TPSA) is 105 Å². The Morgan fingerprint density at radius 2 is 2.13 bits per heavy atom. The van der Waals surface area contributed by atoms with Crippen molar-refractivity contribution in [2.75, 3.05) is 25.1 Å². The predicted molar refractivity (Wildman–Crippen MR) is 116 cm³/mol. The number of halogens is 1. The molecule has 0 amide bonds. The quantitative estimate of drug-likeness (QED) is 0.622. The Morgan fingerprint density at radius 3 is 2.84 bits per heavy atom. The average molecular weight is 421 g/mol. The summed E-state index contributed by atoms with van der Waals surface area (Å²) in [7, 11) is 5.64. The van der Waals surface area contributed by atoms with Crippen LogP contribution in [0.4, 0.5) is 15.9 Å². The zero-order valence-electron chi connectivity index (χ0n) is 17.8. The number of aryl methyl sites for hydroxylation is 1. The van der Waals surface area contributed by atoms with Gasteiger partial charge in [-0.1, -0.05) is 0 Å². The standard InChI is InChI=1S/C22H24FN7O/c1-12-15-8-14(23)5-6-16(15)27-20(29(2)3)9-17-21(18(10-24)30(4)28-17)13-7-19(31-12)22(25)26-11-13/h5-8,11-12,20,27H,9H2,1-4H3,(H2,25,26)/t12-,20?/m1/s1. The van der Waals surface area contributed by atoms with Crippen molar-refractivity contribution in [3.8, 4) is 22.9 Å². The number of ether oxygens (including phenoxy) is 1. The lowest BCUT2D eigenvalue weighted by Gasteiger charge is -2.29. The van der Waals surface area contributed by atoms with Gasteiger partial charge in [0.2, 0.25) is 0 Å². The fourth-order valence-electron chi connectivity index (χ4n) is 3.82. The lowest BCUT2D eigenvalue weighted by atomic mass is 10.0. The number of rotatable bonds is 1. The number of pyridine rings is 1. The molecule has 1 unspecified atom stereocenters. The van der Waals surface area contributed by atoms with Crippen molar-refractivity contribution in [1.29, 1.82) is 5.26 Å². The first-order valence-electron chi connectivity index (χ1n) is 9.89. The molecule has 2 bridgehead atoms. The Bertz CT molecular complexity index is 1180. The van der Waals surface area contributed by atoms with Gasteiger partial charge in [-0.15, -0.1) is 0 Å². The average Bonchev–Trinajstić information content (AvgIpc) is 3.04. The summed E-state index contributed by atoms with van der Waals surface area (Å²) in [5.74, 6) is 0.229. The molecule has 160 valence electrons. The molecule has 0 saturated carbocycles. The van der Waals surface area contributed by atoms with Gasteiger partial charge in [0, 0.05) is 42.0 Å². The molecule has 1 aromatic carbocycles. The first-order chi connectivity index (χ1) is 14.8. The maximum atomic E-state index is 14.1. The molecule has 1 aliphatic heterocycles. The van der Waals surface area contributed by atoms with Gasteiger partial charge in [-0.3, -0.25) is 9.58 Å². The molecular weight excluding hydrogens is 397 g/mol. The minimum Gasteiger partial charge on any atom is -0.482 e. The number of nitrogens with zero attached hydrogens (tertiary/aromatic N) is 5. The van der Waals surface area contributed by atoms with Crippen molar-refractivity contribution in [3.05, 3.63) is 53.2 Å². The smallest absolute Gasteiger partial charge is 0.166 e. The molecule has 2 atom stereocenters. The highest BCUT2D eigenvalue weighted by molar-refractivity contribution is 5.74. The van der Waals surface area contributed by atoms with Gasteiger partial charge < -0.3 is 15.8 Å². The number of aromatic nitrogens is 3. The molecule has 0 spiro atoms. The monoisotopic (exact) mass is 421 g/mol. The van der Waals surface area contributed by atoms with E-state index in [1.165, 1.54) is 12.1 Å². The molecule has 3 N–H and O–H groups in total. The second kappa shape index (κ2) is 7.89. The largest absolute Gasteiger partial charge is 0.482 e. The number of nitriles is 1. The van der Waals surface area contributed by atoms with E-state index in [2.05, 4.69) is 21.5 Å². The number of anilines is 2. The van der Waals surface area contributed by atoms with E-state index < -0.39 is 6.10 Å². The van der Waals surface area contributed by atoms with E-state index in [-0.39, 0.29) is 17.8 Å². The van der Waals surface area contributed by atoms with E-state index >= 15 is 0 Å². The number of nitrogens with two attached hydrogens (primary N) is 1. The number of nitrogen functional groups attached to an aromatic ring is 1. The Balaban J connectivity index is 1.96. The molecule has 0 aliphatic carbocycles. The van der Waals surface area contributed by atoms with E-state index in [0.29, 0.717) is 34.6 Å². The second-order valence-electron chi connectivity index (χ2n) is 7.83. The van der Waals surface area contributed by atoms with Crippen LogP contribution in [0.1, 0.15) is 30.0 Å². The number of likely N-dealkylation sites (N-methyl/N-ethyl adjacent to an activating group) is 1. The van der Waals surface area contributed by atoms with Gasteiger partial charge in [-0.05, 0) is 45.3 Å². The van der Waals surface area contributed by atoms with Crippen LogP contribution in [-0.2, 0) is 13.5 Å². The van der Waals surface area contributed by atoms with Crippen LogP contribution in [0.15, 0.2) is 30.5 Å². The summed E-state index contributed by atoms with van der Waals surface area (Å²) in [5, 5.41) is 17.9. The van der Waals surface area contributed by atoms with Crippen molar-refractivity contribution < 1.29 is 9.13 Å². The van der Waals surface area contributed by atoms with Crippen molar-refractivity contribution in [2.45, 2.75) is 25.6 Å². The van der Waals surface area contributed by atoms with Gasteiger partial charge in [0.05, 0.1) is 11.9 Å². The molecule has 0 fully saturated rings. The van der Waals surface area contributed by atoms with Gasteiger partial charge in [0.25, 0.3) is 0 Å². The molecule has 8 nitrogen and oxygen atoms in total. The van der Waals surface area contributed by atoms with Gasteiger partial charge >= 0.3 is 0 Å². The molecule has 3 heterocycles. The minimum atomic E-state index is -0.497. The minimum absolute atomic E-state index is 0.169. The summed E-state index contributed by atoms with van der Waals surface area (Å²) in [6.45, 7) is 1.83. The van der Waals surface area contributed by atoms with Crippen molar-refractivity contribution in [3.63, 3.8) is 0 Å². The summed E-state index contributed by atoms with van der Waals surface area (Å²) in [6.07, 6.45) is 1.45. The molecule has 1 aliphatic rings. The number of hydrogen-bond donors (Lipinski definition) is 2. The Hall–Kier alpha value is -3.64. The SMILES string of the molecule is C[C@H]1Oc2cc(cnc2N)-c2c(nn(C)c2C#N)CC(N(C)C)Nc2ccc(F)cc21. The Kier molecular flexibility index (Phi) is 5.25. The second-order valence-corrected chi connectivity index (χ2v) is 7.83. The number of fused-ring (bicyclic) bond motifs is 5. The molecule has 31 heavy (non-hydrogen) atoms. The third kappa shape index (κ3) is 3.78. The maximum absolute atomic E-state index is 14.1. The van der Waals surface area contributed by atoms with E-state index in [1.54, 1.807) is 30.1 Å². The summed E-state index contributed by atoms with van der Waals surface area (Å²) in [4.78, 5) is 6.30. The van der Waals surface area contributed by atoms with Crippen LogP contribution < -0.4 is 15.8 Å². The van der Waals surface area contributed by atoms with Crippen molar-refractivity contribution >= 4 is 11.5 Å². The van der Waals surface area contributed by atoms with Crippen molar-refractivity contribution in [2.24, 2.45) is 7.05 Å². The molecule has 0 saturated heterocycles. The fourth-order valence-corrected chi connectivity index (χ4v) is 3.82. The highest BCUT2D eigenvalue weighted by atomic mass is 19.1. The van der Waals surface area contributed by atoms with Crippen LogP contribution >= 0.6 is 0 Å². The summed E-state index contributed by atoms with van der Waals surface area (Å²) in [5.41, 5.74) is 10.0. The molecule has 2 aromatic heterocycles. The summed E-state index contributed by atoms with van der Waals surface area (Å²) >= 11 is 0. The van der Waals surface area contributed by atoms with Crippen LogP contribution in [0.2, 0.25) is 0 Å². The lowest BCUT2D eigenvalue weighted by molar-refractivity contribution is 0.227. The first kappa shape index (κ1) is 20.6. The highest BCUT2D eigenvalue weighted by Crippen LogP contribution is 2.36. The molecule has 0 radical (unpaired) electrons. The number of benzene rings is 1. The summed E-state index contributed by atoms with van der Waals surface area (Å²) in [6, 6.07) is 8.57.